The Morgan fingerprint density at radius 3 is 2.24 bits per heavy atom. The Kier molecular flexibility index (Phi) is 6.57. The van der Waals surface area contributed by atoms with E-state index in [0.717, 1.165) is 24.3 Å². The third-order valence-corrected chi connectivity index (χ3v) is 3.99. The quantitative estimate of drug-likeness (QED) is 0.782. The van der Waals surface area contributed by atoms with E-state index < -0.39 is 5.97 Å². The first kappa shape index (κ1) is 18.5. The Hall–Kier alpha value is -2.82. The van der Waals surface area contributed by atoms with Gasteiger partial charge >= 0.3 is 5.97 Å². The first-order valence-electron chi connectivity index (χ1n) is 8.42. The van der Waals surface area contributed by atoms with Crippen molar-refractivity contribution >= 4 is 23.3 Å². The van der Waals surface area contributed by atoms with E-state index in [9.17, 15) is 9.59 Å². The zero-order chi connectivity index (χ0) is 18.2. The van der Waals surface area contributed by atoms with Crippen molar-refractivity contribution < 1.29 is 14.3 Å². The van der Waals surface area contributed by atoms with Crippen LogP contribution in [0.25, 0.3) is 0 Å². The molecule has 0 bridgehead atoms. The summed E-state index contributed by atoms with van der Waals surface area (Å²) in [5, 5.41) is 2.73. The van der Waals surface area contributed by atoms with E-state index in [0.29, 0.717) is 11.3 Å². The normalized spacial score (nSPS) is 10.2. The molecule has 0 unspecified atom stereocenters. The van der Waals surface area contributed by atoms with Gasteiger partial charge in [-0.15, -0.1) is 0 Å². The lowest BCUT2D eigenvalue weighted by Gasteiger charge is -2.20. The predicted molar refractivity (Wildman–Crippen MR) is 100 cm³/mol. The maximum Gasteiger partial charge on any atom is 0.338 e. The topological polar surface area (TPSA) is 58.6 Å². The Balaban J connectivity index is 1.89. The van der Waals surface area contributed by atoms with Crippen LogP contribution in [0.1, 0.15) is 29.8 Å². The fourth-order valence-corrected chi connectivity index (χ4v) is 2.51. The lowest BCUT2D eigenvalue weighted by Crippen LogP contribution is -2.22. The zero-order valence-corrected chi connectivity index (χ0v) is 14.9. The predicted octanol–water partition coefficient (Wildman–Crippen LogP) is 3.64. The average Bonchev–Trinajstić information content (AvgIpc) is 2.63. The molecule has 0 spiro atoms. The van der Waals surface area contributed by atoms with Gasteiger partial charge in [0.15, 0.2) is 6.61 Å². The second kappa shape index (κ2) is 8.87. The summed E-state index contributed by atoms with van der Waals surface area (Å²) in [4.78, 5) is 26.2. The number of esters is 1. The largest absolute Gasteiger partial charge is 0.452 e. The summed E-state index contributed by atoms with van der Waals surface area (Å²) < 4.78 is 5.09. The van der Waals surface area contributed by atoms with E-state index in [4.69, 9.17) is 4.74 Å². The van der Waals surface area contributed by atoms with E-state index in [-0.39, 0.29) is 12.5 Å². The molecule has 0 aliphatic heterocycles. The van der Waals surface area contributed by atoms with Crippen molar-refractivity contribution in [3.63, 3.8) is 0 Å². The number of nitrogens with zero attached hydrogens (tertiary/aromatic N) is 1. The van der Waals surface area contributed by atoms with Crippen LogP contribution in [0.5, 0.6) is 0 Å². The Labute approximate surface area is 148 Å². The number of anilines is 2. The molecule has 1 N–H and O–H groups in total. The maximum absolute atomic E-state index is 12.1. The Morgan fingerprint density at radius 2 is 1.64 bits per heavy atom. The molecule has 0 radical (unpaired) electrons. The van der Waals surface area contributed by atoms with Gasteiger partial charge in [-0.25, -0.2) is 4.79 Å². The van der Waals surface area contributed by atoms with Gasteiger partial charge in [-0.2, -0.15) is 0 Å². The highest BCUT2D eigenvalue weighted by Gasteiger charge is 2.11. The number of amides is 1. The second-order valence-corrected chi connectivity index (χ2v) is 5.66. The van der Waals surface area contributed by atoms with Gasteiger partial charge in [-0.05, 0) is 56.7 Å². The minimum atomic E-state index is -0.508. The van der Waals surface area contributed by atoms with Gasteiger partial charge in [0.1, 0.15) is 0 Å². The molecule has 2 aromatic carbocycles. The van der Waals surface area contributed by atoms with Crippen LogP contribution < -0.4 is 10.2 Å². The maximum atomic E-state index is 12.1. The van der Waals surface area contributed by atoms with Gasteiger partial charge in [-0.1, -0.05) is 18.2 Å². The number of carbonyl (C=O) groups excluding carboxylic acids is 2. The zero-order valence-electron chi connectivity index (χ0n) is 14.9. The number of aryl methyl sites for hydroxylation is 1. The summed E-state index contributed by atoms with van der Waals surface area (Å²) in [6.07, 6.45) is 0. The first-order valence-corrected chi connectivity index (χ1v) is 8.42. The van der Waals surface area contributed by atoms with Crippen LogP contribution in [0.3, 0.4) is 0 Å². The highest BCUT2D eigenvalue weighted by atomic mass is 16.5. The van der Waals surface area contributed by atoms with Crippen LogP contribution in [0, 0.1) is 6.92 Å². The molecule has 25 heavy (non-hydrogen) atoms. The molecule has 0 aliphatic rings. The average molecular weight is 340 g/mol. The second-order valence-electron chi connectivity index (χ2n) is 5.66. The third-order valence-electron chi connectivity index (χ3n) is 3.99. The minimum Gasteiger partial charge on any atom is -0.452 e. The molecule has 0 fully saturated rings. The molecule has 5 nitrogen and oxygen atoms in total. The van der Waals surface area contributed by atoms with Crippen LogP contribution in [0.4, 0.5) is 11.4 Å². The summed E-state index contributed by atoms with van der Waals surface area (Å²) in [5.41, 5.74) is 3.15. The molecule has 2 rings (SSSR count). The molecule has 0 saturated carbocycles. The van der Waals surface area contributed by atoms with Gasteiger partial charge < -0.3 is 15.0 Å². The number of hydrogen-bond donors (Lipinski definition) is 1. The van der Waals surface area contributed by atoms with Crippen LogP contribution in [0.15, 0.2) is 48.5 Å². The van der Waals surface area contributed by atoms with Crippen molar-refractivity contribution in [1.82, 2.24) is 0 Å². The molecule has 0 heterocycles. The fraction of sp³-hybridized carbons (Fsp3) is 0.300. The van der Waals surface area contributed by atoms with Crippen molar-refractivity contribution in [3.8, 4) is 0 Å². The first-order chi connectivity index (χ1) is 12.0. The summed E-state index contributed by atoms with van der Waals surface area (Å²) in [6, 6.07) is 14.7. The summed E-state index contributed by atoms with van der Waals surface area (Å²) >= 11 is 0. The molecule has 0 saturated heterocycles. The van der Waals surface area contributed by atoms with E-state index in [1.54, 1.807) is 18.2 Å². The fourth-order valence-electron chi connectivity index (χ4n) is 2.51. The van der Waals surface area contributed by atoms with Crippen molar-refractivity contribution in [2.75, 3.05) is 29.9 Å². The molecular formula is C20H24N2O3. The Morgan fingerprint density at radius 1 is 1.00 bits per heavy atom. The number of hydrogen-bond acceptors (Lipinski definition) is 4. The molecule has 1 amide bonds. The van der Waals surface area contributed by atoms with E-state index in [2.05, 4.69) is 24.1 Å². The lowest BCUT2D eigenvalue weighted by atomic mass is 10.2. The van der Waals surface area contributed by atoms with Gasteiger partial charge in [0.25, 0.3) is 5.91 Å². The number of carbonyl (C=O) groups is 2. The van der Waals surface area contributed by atoms with E-state index >= 15 is 0 Å². The van der Waals surface area contributed by atoms with Crippen molar-refractivity contribution in [2.24, 2.45) is 0 Å². The van der Waals surface area contributed by atoms with Crippen LogP contribution in [0.2, 0.25) is 0 Å². The minimum absolute atomic E-state index is 0.315. The van der Waals surface area contributed by atoms with Crippen LogP contribution in [-0.2, 0) is 9.53 Å². The van der Waals surface area contributed by atoms with Crippen molar-refractivity contribution in [1.29, 1.82) is 0 Å². The molecule has 2 aromatic rings. The highest BCUT2D eigenvalue weighted by Crippen LogP contribution is 2.16. The van der Waals surface area contributed by atoms with E-state index in [1.807, 2.05) is 37.3 Å². The molecule has 5 heteroatoms. The van der Waals surface area contributed by atoms with E-state index in [1.165, 1.54) is 0 Å². The van der Waals surface area contributed by atoms with Gasteiger partial charge in [0, 0.05) is 24.5 Å². The molecule has 0 atom stereocenters. The summed E-state index contributed by atoms with van der Waals surface area (Å²) in [7, 11) is 0. The third kappa shape index (κ3) is 5.08. The number of para-hydroxylation sites is 1. The number of benzene rings is 2. The number of nitrogens with one attached hydrogen (secondary N) is 1. The highest BCUT2D eigenvalue weighted by molar-refractivity contribution is 5.96. The molecular weight excluding hydrogens is 316 g/mol. The Bertz CT molecular complexity index is 722. The standard InChI is InChI=1S/C20H24N2O3/c1-4-22(5-2)17-12-10-16(11-13-17)20(24)25-14-19(23)21-18-9-7-6-8-15(18)3/h6-13H,4-5,14H2,1-3H3,(H,21,23). The van der Waals surface area contributed by atoms with Crippen LogP contribution in [-0.4, -0.2) is 31.6 Å². The SMILES string of the molecule is CCN(CC)c1ccc(C(=O)OCC(=O)Nc2ccccc2C)cc1. The van der Waals surface area contributed by atoms with Crippen LogP contribution >= 0.6 is 0 Å². The van der Waals surface area contributed by atoms with Crippen molar-refractivity contribution in [3.05, 3.63) is 59.7 Å². The number of ether oxygens (including phenoxy) is 1. The molecule has 132 valence electrons. The van der Waals surface area contributed by atoms with Gasteiger partial charge in [0.05, 0.1) is 5.56 Å². The molecule has 0 aliphatic carbocycles. The van der Waals surface area contributed by atoms with Gasteiger partial charge in [-0.3, -0.25) is 4.79 Å². The lowest BCUT2D eigenvalue weighted by molar-refractivity contribution is -0.119. The summed E-state index contributed by atoms with van der Waals surface area (Å²) in [5.74, 6) is -0.867. The van der Waals surface area contributed by atoms with Crippen molar-refractivity contribution in [2.45, 2.75) is 20.8 Å². The number of rotatable bonds is 7. The monoisotopic (exact) mass is 340 g/mol. The summed E-state index contributed by atoms with van der Waals surface area (Å²) in [6.45, 7) is 7.56. The molecule has 0 aromatic heterocycles. The van der Waals surface area contributed by atoms with Gasteiger partial charge in [0.2, 0.25) is 0 Å². The smallest absolute Gasteiger partial charge is 0.338 e.